The Hall–Kier alpha value is -1.33. The van der Waals surface area contributed by atoms with Crippen molar-refractivity contribution in [2.75, 3.05) is 18.0 Å². The molecule has 0 saturated heterocycles. The van der Waals surface area contributed by atoms with Crippen LogP contribution in [0.15, 0.2) is 35.1 Å². The molecule has 0 spiro atoms. The maximum absolute atomic E-state index is 4.42. The number of hydrogen-bond donors (Lipinski definition) is 1. The third-order valence-electron chi connectivity index (χ3n) is 3.89. The van der Waals surface area contributed by atoms with Gasteiger partial charge in [0.1, 0.15) is 5.82 Å². The van der Waals surface area contributed by atoms with Crippen LogP contribution in [0.4, 0.5) is 5.69 Å². The summed E-state index contributed by atoms with van der Waals surface area (Å²) in [5.74, 6) is 1.14. The maximum Gasteiger partial charge on any atom is 0.128 e. The molecule has 0 unspecified atom stereocenters. The third kappa shape index (κ3) is 3.30. The van der Waals surface area contributed by atoms with Crippen molar-refractivity contribution in [2.45, 2.75) is 33.0 Å². The zero-order valence-corrected chi connectivity index (χ0v) is 13.9. The standard InChI is InChI=1S/C16H21BrN4/c1-2-5-18-11-13-3-4-14(10-15(13)17)21-9-8-20-7-6-19-16(20)12-21/h3-4,6-7,10,18H,2,5,8-9,11-12H2,1H3. The van der Waals surface area contributed by atoms with Gasteiger partial charge in [-0.1, -0.05) is 28.9 Å². The number of benzene rings is 1. The van der Waals surface area contributed by atoms with Gasteiger partial charge in [-0.25, -0.2) is 4.98 Å². The minimum absolute atomic E-state index is 0.882. The van der Waals surface area contributed by atoms with Crippen LogP contribution in [0.1, 0.15) is 24.7 Å². The molecule has 0 radical (unpaired) electrons. The van der Waals surface area contributed by atoms with Crippen molar-refractivity contribution in [2.24, 2.45) is 0 Å². The number of hydrogen-bond acceptors (Lipinski definition) is 3. The number of imidazole rings is 1. The molecule has 1 N–H and O–H groups in total. The fourth-order valence-electron chi connectivity index (χ4n) is 2.67. The normalized spacial score (nSPS) is 14.3. The predicted molar refractivity (Wildman–Crippen MR) is 89.4 cm³/mol. The van der Waals surface area contributed by atoms with Crippen LogP contribution in [0, 0.1) is 0 Å². The number of rotatable bonds is 5. The van der Waals surface area contributed by atoms with Crippen molar-refractivity contribution < 1.29 is 0 Å². The van der Waals surface area contributed by atoms with Gasteiger partial charge in [0.25, 0.3) is 0 Å². The van der Waals surface area contributed by atoms with Gasteiger partial charge in [0, 0.05) is 42.2 Å². The molecule has 0 atom stereocenters. The van der Waals surface area contributed by atoms with E-state index in [-0.39, 0.29) is 0 Å². The van der Waals surface area contributed by atoms with E-state index < -0.39 is 0 Å². The molecular formula is C16H21BrN4. The van der Waals surface area contributed by atoms with Crippen LogP contribution in [0.25, 0.3) is 0 Å². The molecule has 1 aliphatic heterocycles. The van der Waals surface area contributed by atoms with Crippen molar-refractivity contribution in [3.8, 4) is 0 Å². The van der Waals surface area contributed by atoms with Gasteiger partial charge >= 0.3 is 0 Å². The molecule has 1 aliphatic rings. The highest BCUT2D eigenvalue weighted by Gasteiger charge is 2.17. The van der Waals surface area contributed by atoms with E-state index in [0.29, 0.717) is 0 Å². The molecule has 1 aromatic carbocycles. The van der Waals surface area contributed by atoms with E-state index in [4.69, 9.17) is 0 Å². The molecule has 5 heteroatoms. The van der Waals surface area contributed by atoms with Crippen LogP contribution in [0.3, 0.4) is 0 Å². The molecule has 0 fully saturated rings. The van der Waals surface area contributed by atoms with Gasteiger partial charge < -0.3 is 14.8 Å². The van der Waals surface area contributed by atoms with Gasteiger partial charge in [-0.15, -0.1) is 0 Å². The molecule has 1 aromatic heterocycles. The van der Waals surface area contributed by atoms with Gasteiger partial charge in [-0.3, -0.25) is 0 Å². The smallest absolute Gasteiger partial charge is 0.128 e. The Morgan fingerprint density at radius 3 is 3.05 bits per heavy atom. The van der Waals surface area contributed by atoms with Gasteiger partial charge in [0.2, 0.25) is 0 Å². The summed E-state index contributed by atoms with van der Waals surface area (Å²) in [5.41, 5.74) is 2.57. The van der Waals surface area contributed by atoms with Crippen LogP contribution in [-0.4, -0.2) is 22.6 Å². The molecule has 2 aromatic rings. The summed E-state index contributed by atoms with van der Waals surface area (Å²) < 4.78 is 3.41. The second-order valence-electron chi connectivity index (χ2n) is 5.41. The van der Waals surface area contributed by atoms with Crippen LogP contribution in [-0.2, 0) is 19.6 Å². The van der Waals surface area contributed by atoms with Gasteiger partial charge in [0.15, 0.2) is 0 Å². The fraction of sp³-hybridized carbons (Fsp3) is 0.438. The maximum atomic E-state index is 4.42. The van der Waals surface area contributed by atoms with E-state index in [2.05, 4.69) is 67.0 Å². The summed E-state index contributed by atoms with van der Waals surface area (Å²) >= 11 is 3.70. The van der Waals surface area contributed by atoms with Crippen LogP contribution >= 0.6 is 15.9 Å². The van der Waals surface area contributed by atoms with E-state index in [1.165, 1.54) is 15.7 Å². The minimum Gasteiger partial charge on any atom is -0.362 e. The molecule has 21 heavy (non-hydrogen) atoms. The number of anilines is 1. The highest BCUT2D eigenvalue weighted by molar-refractivity contribution is 9.10. The Morgan fingerprint density at radius 2 is 2.24 bits per heavy atom. The van der Waals surface area contributed by atoms with E-state index in [0.717, 1.165) is 45.0 Å². The first-order chi connectivity index (χ1) is 10.3. The number of nitrogens with one attached hydrogen (secondary N) is 1. The highest BCUT2D eigenvalue weighted by Crippen LogP contribution is 2.26. The molecular weight excluding hydrogens is 328 g/mol. The van der Waals surface area contributed by atoms with Crippen molar-refractivity contribution in [3.05, 3.63) is 46.5 Å². The predicted octanol–water partition coefficient (Wildman–Crippen LogP) is 3.17. The lowest BCUT2D eigenvalue weighted by atomic mass is 10.1. The zero-order valence-electron chi connectivity index (χ0n) is 12.3. The second-order valence-corrected chi connectivity index (χ2v) is 6.27. The lowest BCUT2D eigenvalue weighted by Crippen LogP contribution is -2.33. The summed E-state index contributed by atoms with van der Waals surface area (Å²) in [6, 6.07) is 6.65. The van der Waals surface area contributed by atoms with Crippen molar-refractivity contribution in [3.63, 3.8) is 0 Å². The Kier molecular flexibility index (Phi) is 4.60. The largest absolute Gasteiger partial charge is 0.362 e. The topological polar surface area (TPSA) is 33.1 Å². The molecule has 0 bridgehead atoms. The second kappa shape index (κ2) is 6.62. The van der Waals surface area contributed by atoms with E-state index in [9.17, 15) is 0 Å². The van der Waals surface area contributed by atoms with Gasteiger partial charge in [-0.2, -0.15) is 0 Å². The Bertz CT molecular complexity index is 608. The summed E-state index contributed by atoms with van der Waals surface area (Å²) in [4.78, 5) is 6.81. The van der Waals surface area contributed by atoms with Gasteiger partial charge in [0.05, 0.1) is 6.54 Å². The molecule has 0 saturated carbocycles. The summed E-state index contributed by atoms with van der Waals surface area (Å²) in [6.07, 6.45) is 5.11. The number of fused-ring (bicyclic) bond motifs is 1. The summed E-state index contributed by atoms with van der Waals surface area (Å²) in [7, 11) is 0. The lowest BCUT2D eigenvalue weighted by molar-refractivity contribution is 0.560. The highest BCUT2D eigenvalue weighted by atomic mass is 79.9. The fourth-order valence-corrected chi connectivity index (χ4v) is 3.18. The third-order valence-corrected chi connectivity index (χ3v) is 4.63. The molecule has 0 amide bonds. The Balaban J connectivity index is 1.71. The van der Waals surface area contributed by atoms with Crippen LogP contribution < -0.4 is 10.2 Å². The average molecular weight is 349 g/mol. The Morgan fingerprint density at radius 1 is 1.33 bits per heavy atom. The molecule has 3 rings (SSSR count). The number of aromatic nitrogens is 2. The quantitative estimate of drug-likeness (QED) is 0.842. The first-order valence-corrected chi connectivity index (χ1v) is 8.31. The Labute approximate surface area is 134 Å². The van der Waals surface area contributed by atoms with Crippen LogP contribution in [0.5, 0.6) is 0 Å². The first kappa shape index (κ1) is 14.6. The molecule has 2 heterocycles. The van der Waals surface area contributed by atoms with E-state index in [1.54, 1.807) is 0 Å². The zero-order chi connectivity index (χ0) is 14.7. The van der Waals surface area contributed by atoms with E-state index >= 15 is 0 Å². The van der Waals surface area contributed by atoms with Crippen molar-refractivity contribution in [1.82, 2.24) is 14.9 Å². The average Bonchev–Trinajstić information content (AvgIpc) is 2.96. The van der Waals surface area contributed by atoms with Crippen molar-refractivity contribution >= 4 is 21.6 Å². The SMILES string of the molecule is CCCNCc1ccc(N2CCn3ccnc3C2)cc1Br. The molecule has 112 valence electrons. The van der Waals surface area contributed by atoms with Crippen molar-refractivity contribution in [1.29, 1.82) is 0 Å². The van der Waals surface area contributed by atoms with E-state index in [1.807, 2.05) is 6.20 Å². The monoisotopic (exact) mass is 348 g/mol. The summed E-state index contributed by atoms with van der Waals surface area (Å²) in [5, 5.41) is 3.44. The first-order valence-electron chi connectivity index (χ1n) is 7.52. The molecule has 0 aliphatic carbocycles. The van der Waals surface area contributed by atoms with Crippen LogP contribution in [0.2, 0.25) is 0 Å². The lowest BCUT2D eigenvalue weighted by Gasteiger charge is -2.30. The van der Waals surface area contributed by atoms with Gasteiger partial charge in [-0.05, 0) is 30.7 Å². The molecule has 4 nitrogen and oxygen atoms in total. The number of nitrogens with zero attached hydrogens (tertiary/aromatic N) is 3. The summed E-state index contributed by atoms with van der Waals surface area (Å²) in [6.45, 7) is 7.08. The minimum atomic E-state index is 0.882. The number of halogens is 1.